The quantitative estimate of drug-likeness (QED) is 0.0968. The Morgan fingerprint density at radius 1 is 0.651 bits per heavy atom. The van der Waals surface area contributed by atoms with Gasteiger partial charge in [0.25, 0.3) is 0 Å². The van der Waals surface area contributed by atoms with Gasteiger partial charge in [0.05, 0.1) is 19.6 Å². The molecule has 0 fully saturated rings. The summed E-state index contributed by atoms with van der Waals surface area (Å²) in [5.74, 6) is -1.13. The highest BCUT2D eigenvalue weighted by Crippen LogP contribution is 2.53. The molecule has 0 aliphatic rings. The Morgan fingerprint density at radius 2 is 1.16 bits per heavy atom. The van der Waals surface area contributed by atoms with Crippen LogP contribution in [0, 0.1) is 5.92 Å². The average Bonchev–Trinajstić information content (AvgIpc) is 3.05. The molecule has 2 atom stereocenters. The van der Waals surface area contributed by atoms with Crippen LogP contribution in [0.5, 0.6) is 5.75 Å². The number of methoxy groups -OCH3 is 1. The second kappa shape index (κ2) is 16.4. The van der Waals surface area contributed by atoms with Gasteiger partial charge in [-0.1, -0.05) is 103 Å². The molecule has 4 rings (SSSR count). The van der Waals surface area contributed by atoms with Gasteiger partial charge in [0.15, 0.2) is 0 Å². The van der Waals surface area contributed by atoms with Gasteiger partial charge in [-0.3, -0.25) is 14.2 Å². The number of carbonyl (C=O) groups is 2. The van der Waals surface area contributed by atoms with Gasteiger partial charge >= 0.3 is 11.9 Å². The lowest BCUT2D eigenvalue weighted by atomic mass is 10.1. The van der Waals surface area contributed by atoms with Crippen molar-refractivity contribution in [3.8, 4) is 5.75 Å². The lowest BCUT2D eigenvalue weighted by Crippen LogP contribution is -2.24. The van der Waals surface area contributed by atoms with Crippen LogP contribution < -0.4 is 4.74 Å². The van der Waals surface area contributed by atoms with E-state index in [1.807, 2.05) is 103 Å². The smallest absolute Gasteiger partial charge is 0.309 e. The molecule has 8 heteroatoms. The molecular weight excluding hydrogens is 563 g/mol. The van der Waals surface area contributed by atoms with Crippen LogP contribution >= 0.6 is 7.37 Å². The Bertz CT molecular complexity index is 1460. The molecule has 0 saturated carbocycles. The summed E-state index contributed by atoms with van der Waals surface area (Å²) >= 11 is 0. The summed E-state index contributed by atoms with van der Waals surface area (Å²) in [7, 11) is -1.87. The predicted octanol–water partition coefficient (Wildman–Crippen LogP) is 7.57. The minimum atomic E-state index is -3.45. The van der Waals surface area contributed by atoms with Gasteiger partial charge < -0.3 is 18.7 Å². The molecule has 4 aromatic rings. The summed E-state index contributed by atoms with van der Waals surface area (Å²) in [6.45, 7) is 0.334. The molecule has 0 aliphatic carbocycles. The van der Waals surface area contributed by atoms with Crippen molar-refractivity contribution in [2.24, 2.45) is 5.92 Å². The van der Waals surface area contributed by atoms with Crippen molar-refractivity contribution in [2.75, 3.05) is 13.3 Å². The molecule has 0 N–H and O–H groups in total. The monoisotopic (exact) mass is 600 g/mol. The average molecular weight is 601 g/mol. The first-order chi connectivity index (χ1) is 20.9. The standard InChI is InChI=1S/C35H37O7P/c1-39-33-20-17-31(18-21-33)26-43(38,42-25-30-15-9-4-10-16-30)27-32(35(37)41-24-29-13-7-3-8-14-29)19-22-34(36)40-23-28-11-5-2-6-12-28/h2-18,20-21,32H,19,22-27H2,1H3. The van der Waals surface area contributed by atoms with Crippen LogP contribution in [0.2, 0.25) is 0 Å². The molecule has 4 aromatic carbocycles. The van der Waals surface area contributed by atoms with Crippen molar-refractivity contribution in [2.45, 2.75) is 38.8 Å². The topological polar surface area (TPSA) is 88.1 Å². The van der Waals surface area contributed by atoms with Crippen LogP contribution in [0.4, 0.5) is 0 Å². The van der Waals surface area contributed by atoms with Crippen molar-refractivity contribution < 1.29 is 32.9 Å². The molecule has 0 aliphatic heterocycles. The largest absolute Gasteiger partial charge is 0.497 e. The Morgan fingerprint density at radius 3 is 1.70 bits per heavy atom. The summed E-state index contributed by atoms with van der Waals surface area (Å²) in [6, 6.07) is 35.4. The molecule has 0 radical (unpaired) electrons. The van der Waals surface area contributed by atoms with Gasteiger partial charge in [0.2, 0.25) is 7.37 Å². The van der Waals surface area contributed by atoms with Crippen molar-refractivity contribution in [1.29, 1.82) is 0 Å². The highest BCUT2D eigenvalue weighted by atomic mass is 31.2. The van der Waals surface area contributed by atoms with E-state index < -0.39 is 25.2 Å². The number of benzene rings is 4. The maximum absolute atomic E-state index is 14.5. The second-order valence-electron chi connectivity index (χ2n) is 10.2. The summed E-state index contributed by atoms with van der Waals surface area (Å²) in [6.07, 6.45) is 0.123. The van der Waals surface area contributed by atoms with E-state index in [1.165, 1.54) is 0 Å². The van der Waals surface area contributed by atoms with Gasteiger partial charge in [-0.05, 0) is 40.8 Å². The van der Waals surface area contributed by atoms with Crippen molar-refractivity contribution in [3.63, 3.8) is 0 Å². The number of rotatable bonds is 16. The first-order valence-corrected chi connectivity index (χ1v) is 16.2. The first kappa shape index (κ1) is 31.7. The number of hydrogen-bond acceptors (Lipinski definition) is 7. The number of hydrogen-bond donors (Lipinski definition) is 0. The Hall–Kier alpha value is -4.19. The van der Waals surface area contributed by atoms with Gasteiger partial charge in [-0.2, -0.15) is 0 Å². The third-order valence-corrected chi connectivity index (χ3v) is 9.33. The lowest BCUT2D eigenvalue weighted by Gasteiger charge is -2.24. The molecule has 0 amide bonds. The number of esters is 2. The van der Waals surface area contributed by atoms with Gasteiger partial charge in [0.1, 0.15) is 19.0 Å². The van der Waals surface area contributed by atoms with Crippen LogP contribution in [0.15, 0.2) is 115 Å². The molecular formula is C35H37O7P. The summed E-state index contributed by atoms with van der Waals surface area (Å²) in [5, 5.41) is 0. The zero-order valence-electron chi connectivity index (χ0n) is 24.3. The minimum Gasteiger partial charge on any atom is -0.497 e. The summed E-state index contributed by atoms with van der Waals surface area (Å²) < 4.78 is 37.0. The molecule has 0 heterocycles. The Kier molecular flexibility index (Phi) is 12.1. The molecule has 0 bridgehead atoms. The number of carbonyl (C=O) groups excluding carboxylic acids is 2. The number of ether oxygens (including phenoxy) is 3. The molecule has 0 saturated heterocycles. The van der Waals surface area contributed by atoms with E-state index in [0.717, 1.165) is 22.3 Å². The van der Waals surface area contributed by atoms with Crippen molar-refractivity contribution in [1.82, 2.24) is 0 Å². The summed E-state index contributed by atoms with van der Waals surface area (Å²) in [5.41, 5.74) is 3.35. The molecule has 7 nitrogen and oxygen atoms in total. The SMILES string of the molecule is COc1ccc(CP(=O)(CC(CCC(=O)OCc2ccccc2)C(=O)OCc2ccccc2)OCc2ccccc2)cc1. The van der Waals surface area contributed by atoms with E-state index in [1.54, 1.807) is 19.2 Å². The molecule has 224 valence electrons. The van der Waals surface area contributed by atoms with E-state index >= 15 is 0 Å². The highest BCUT2D eigenvalue weighted by molar-refractivity contribution is 7.58. The fourth-order valence-electron chi connectivity index (χ4n) is 4.51. The zero-order chi connectivity index (χ0) is 30.3. The van der Waals surface area contributed by atoms with Gasteiger partial charge in [0, 0.05) is 18.7 Å². The van der Waals surface area contributed by atoms with Gasteiger partial charge in [-0.25, -0.2) is 0 Å². The maximum atomic E-state index is 14.5. The molecule has 0 spiro atoms. The van der Waals surface area contributed by atoms with Crippen LogP contribution in [0.1, 0.15) is 35.1 Å². The molecule has 0 aromatic heterocycles. The predicted molar refractivity (Wildman–Crippen MR) is 166 cm³/mol. The van der Waals surface area contributed by atoms with Crippen LogP contribution in [-0.4, -0.2) is 25.2 Å². The van der Waals surface area contributed by atoms with E-state index in [0.29, 0.717) is 5.75 Å². The van der Waals surface area contributed by atoms with Crippen molar-refractivity contribution >= 4 is 19.3 Å². The molecule has 2 unspecified atom stereocenters. The fourth-order valence-corrected chi connectivity index (χ4v) is 6.99. The highest BCUT2D eigenvalue weighted by Gasteiger charge is 2.33. The van der Waals surface area contributed by atoms with Crippen LogP contribution in [0.3, 0.4) is 0 Å². The lowest BCUT2D eigenvalue weighted by molar-refractivity contribution is -0.150. The maximum Gasteiger partial charge on any atom is 0.309 e. The van der Waals surface area contributed by atoms with E-state index in [9.17, 15) is 14.2 Å². The van der Waals surface area contributed by atoms with E-state index in [2.05, 4.69) is 0 Å². The summed E-state index contributed by atoms with van der Waals surface area (Å²) in [4.78, 5) is 26.1. The fraction of sp³-hybridized carbons (Fsp3) is 0.257. The zero-order valence-corrected chi connectivity index (χ0v) is 25.2. The van der Waals surface area contributed by atoms with E-state index in [-0.39, 0.29) is 45.0 Å². The minimum absolute atomic E-state index is 0.0286. The normalized spacial score (nSPS) is 13.0. The Labute approximate surface area is 253 Å². The van der Waals surface area contributed by atoms with E-state index in [4.69, 9.17) is 18.7 Å². The molecule has 43 heavy (non-hydrogen) atoms. The van der Waals surface area contributed by atoms with Crippen LogP contribution in [0.25, 0.3) is 0 Å². The van der Waals surface area contributed by atoms with Crippen molar-refractivity contribution in [3.05, 3.63) is 138 Å². The van der Waals surface area contributed by atoms with Gasteiger partial charge in [-0.15, -0.1) is 0 Å². The second-order valence-corrected chi connectivity index (χ2v) is 12.8. The van der Waals surface area contributed by atoms with Crippen LogP contribution in [-0.2, 0) is 54.1 Å². The third kappa shape index (κ3) is 10.9. The Balaban J connectivity index is 1.50. The first-order valence-electron chi connectivity index (χ1n) is 14.2. The third-order valence-electron chi connectivity index (χ3n) is 6.89.